The first-order chi connectivity index (χ1) is 12.8. The fraction of sp³-hybridized carbons (Fsp3) is 0.600. The van der Waals surface area contributed by atoms with Gasteiger partial charge in [0.1, 0.15) is 5.82 Å². The number of amides is 1. The van der Waals surface area contributed by atoms with E-state index in [1.807, 2.05) is 35.8 Å². The molecule has 0 radical (unpaired) electrons. The van der Waals surface area contributed by atoms with Crippen molar-refractivity contribution in [2.24, 2.45) is 0 Å². The molecule has 1 aliphatic heterocycles. The van der Waals surface area contributed by atoms with Crippen LogP contribution < -0.4 is 5.32 Å². The Morgan fingerprint density at radius 2 is 1.96 bits per heavy atom. The van der Waals surface area contributed by atoms with Crippen LogP contribution in [0, 0.1) is 0 Å². The summed E-state index contributed by atoms with van der Waals surface area (Å²) in [7, 11) is 0. The number of rotatable bonds is 6. The molecule has 0 spiro atoms. The van der Waals surface area contributed by atoms with Crippen molar-refractivity contribution in [3.05, 3.63) is 30.1 Å². The molecule has 0 aliphatic carbocycles. The molecule has 7 nitrogen and oxygen atoms in total. The molecular weight excluding hydrogens is 344 g/mol. The molecule has 1 fully saturated rings. The Morgan fingerprint density at radius 3 is 2.63 bits per heavy atom. The Bertz CT molecular complexity index is 781. The summed E-state index contributed by atoms with van der Waals surface area (Å²) in [5, 5.41) is 13.7. The number of para-hydroxylation sites is 2. The lowest BCUT2D eigenvalue weighted by atomic mass is 10.2. The summed E-state index contributed by atoms with van der Waals surface area (Å²) in [5.74, 6) is 0.659. The van der Waals surface area contributed by atoms with Gasteiger partial charge in [0.2, 0.25) is 5.91 Å². The van der Waals surface area contributed by atoms with Crippen LogP contribution in [0.1, 0.15) is 39.6 Å². The minimum Gasteiger partial charge on any atom is -0.390 e. The second-order valence-corrected chi connectivity index (χ2v) is 7.62. The van der Waals surface area contributed by atoms with Gasteiger partial charge < -0.3 is 19.7 Å². The zero-order valence-corrected chi connectivity index (χ0v) is 16.6. The van der Waals surface area contributed by atoms with Crippen LogP contribution in [-0.2, 0) is 16.1 Å². The Labute approximate surface area is 160 Å². The number of morpholine rings is 1. The predicted octanol–water partition coefficient (Wildman–Crippen LogP) is 1.70. The van der Waals surface area contributed by atoms with Crippen molar-refractivity contribution in [2.45, 2.75) is 58.6 Å². The van der Waals surface area contributed by atoms with Gasteiger partial charge in [0.05, 0.1) is 41.9 Å². The smallest absolute Gasteiger partial charge is 0.217 e. The summed E-state index contributed by atoms with van der Waals surface area (Å²) in [6.07, 6.45) is -0.195. The largest absolute Gasteiger partial charge is 0.390 e. The lowest BCUT2D eigenvalue weighted by Gasteiger charge is -2.36. The van der Waals surface area contributed by atoms with Crippen molar-refractivity contribution in [1.29, 1.82) is 0 Å². The van der Waals surface area contributed by atoms with Crippen molar-refractivity contribution < 1.29 is 14.6 Å². The first kappa shape index (κ1) is 19.8. The number of nitrogens with zero attached hydrogens (tertiary/aromatic N) is 3. The van der Waals surface area contributed by atoms with E-state index in [2.05, 4.69) is 24.1 Å². The van der Waals surface area contributed by atoms with Gasteiger partial charge in [0.25, 0.3) is 0 Å². The molecule has 1 amide bonds. The van der Waals surface area contributed by atoms with Gasteiger partial charge >= 0.3 is 0 Å². The van der Waals surface area contributed by atoms with Gasteiger partial charge in [0, 0.05) is 26.6 Å². The number of carbonyl (C=O) groups is 1. The maximum atomic E-state index is 11.5. The van der Waals surface area contributed by atoms with Crippen molar-refractivity contribution in [3.8, 4) is 0 Å². The van der Waals surface area contributed by atoms with Gasteiger partial charge in [0.15, 0.2) is 0 Å². The molecular formula is C20H30N4O3. The predicted molar refractivity (Wildman–Crippen MR) is 104 cm³/mol. The maximum absolute atomic E-state index is 11.5. The Morgan fingerprint density at radius 1 is 1.30 bits per heavy atom. The highest BCUT2D eigenvalue weighted by Crippen LogP contribution is 2.22. The van der Waals surface area contributed by atoms with Crippen LogP contribution in [0.3, 0.4) is 0 Å². The monoisotopic (exact) mass is 374 g/mol. The third kappa shape index (κ3) is 4.86. The number of nitrogens with one attached hydrogen (secondary N) is 1. The fourth-order valence-electron chi connectivity index (χ4n) is 3.99. The molecule has 1 aromatic heterocycles. The van der Waals surface area contributed by atoms with Gasteiger partial charge in [-0.25, -0.2) is 4.98 Å². The number of fused-ring (bicyclic) bond motifs is 1. The molecule has 1 aromatic carbocycles. The van der Waals surface area contributed by atoms with Crippen LogP contribution in [-0.4, -0.2) is 63.4 Å². The second kappa shape index (κ2) is 8.37. The molecule has 148 valence electrons. The Hall–Kier alpha value is -1.96. The van der Waals surface area contributed by atoms with Crippen LogP contribution in [0.4, 0.5) is 0 Å². The highest BCUT2D eigenvalue weighted by molar-refractivity contribution is 5.77. The lowest BCUT2D eigenvalue weighted by Crippen LogP contribution is -2.48. The number of ether oxygens (including phenoxy) is 1. The molecule has 2 N–H and O–H groups in total. The first-order valence-electron chi connectivity index (χ1n) is 9.61. The summed E-state index contributed by atoms with van der Waals surface area (Å²) in [5.41, 5.74) is 1.83. The SMILES string of the molecule is CC(=O)N[C@@H](C)c1nc2ccccc2n1CC(O)CN1CC(C)OC(C)C1. The number of β-amino-alcohol motifs (C(OH)–C–C–N with tert-alkyl or cyclic N) is 1. The molecule has 3 unspecified atom stereocenters. The zero-order valence-electron chi connectivity index (χ0n) is 16.6. The van der Waals surface area contributed by atoms with Crippen LogP contribution in [0.5, 0.6) is 0 Å². The van der Waals surface area contributed by atoms with Gasteiger partial charge in [-0.2, -0.15) is 0 Å². The standard InChI is InChI=1S/C20H30N4O3/c1-13-9-23(10-14(2)27-13)11-17(26)12-24-19-8-6-5-7-18(19)22-20(24)15(3)21-16(4)25/h5-8,13-15,17,26H,9-12H2,1-4H3,(H,21,25)/t13?,14?,15-,17?/m0/s1. The summed E-state index contributed by atoms with van der Waals surface area (Å²) in [6.45, 7) is 10.2. The highest BCUT2D eigenvalue weighted by Gasteiger charge is 2.25. The maximum Gasteiger partial charge on any atom is 0.217 e. The van der Waals surface area contributed by atoms with Gasteiger partial charge in [-0.05, 0) is 32.9 Å². The van der Waals surface area contributed by atoms with Crippen LogP contribution in [0.2, 0.25) is 0 Å². The Balaban J connectivity index is 1.79. The quantitative estimate of drug-likeness (QED) is 0.805. The molecule has 1 saturated heterocycles. The van der Waals surface area contributed by atoms with E-state index in [1.165, 1.54) is 6.92 Å². The molecule has 3 rings (SSSR count). The first-order valence-corrected chi connectivity index (χ1v) is 9.61. The van der Waals surface area contributed by atoms with Crippen molar-refractivity contribution in [3.63, 3.8) is 0 Å². The average molecular weight is 374 g/mol. The van der Waals surface area contributed by atoms with E-state index in [0.29, 0.717) is 13.1 Å². The molecule has 4 atom stereocenters. The third-order valence-corrected chi connectivity index (χ3v) is 4.85. The third-order valence-electron chi connectivity index (χ3n) is 4.85. The summed E-state index contributed by atoms with van der Waals surface area (Å²) < 4.78 is 7.79. The van der Waals surface area contributed by atoms with Crippen molar-refractivity contribution >= 4 is 16.9 Å². The highest BCUT2D eigenvalue weighted by atomic mass is 16.5. The van der Waals surface area contributed by atoms with Crippen LogP contribution >= 0.6 is 0 Å². The number of aromatic nitrogens is 2. The van der Waals surface area contributed by atoms with Crippen molar-refractivity contribution in [1.82, 2.24) is 19.8 Å². The molecule has 0 bridgehead atoms. The zero-order chi connectivity index (χ0) is 19.6. The number of imidazole rings is 1. The number of hydrogen-bond acceptors (Lipinski definition) is 5. The molecule has 0 saturated carbocycles. The van der Waals surface area contributed by atoms with E-state index < -0.39 is 6.10 Å². The topological polar surface area (TPSA) is 79.6 Å². The normalized spacial score (nSPS) is 23.3. The minimum atomic E-state index is -0.539. The molecule has 1 aliphatic rings. The van der Waals surface area contributed by atoms with Gasteiger partial charge in [-0.1, -0.05) is 12.1 Å². The summed E-state index contributed by atoms with van der Waals surface area (Å²) >= 11 is 0. The van der Waals surface area contributed by atoms with Crippen molar-refractivity contribution in [2.75, 3.05) is 19.6 Å². The van der Waals surface area contributed by atoms with Gasteiger partial charge in [-0.15, -0.1) is 0 Å². The Kier molecular flexibility index (Phi) is 6.14. The van der Waals surface area contributed by atoms with Gasteiger partial charge in [-0.3, -0.25) is 9.69 Å². The second-order valence-electron chi connectivity index (χ2n) is 7.62. The molecule has 2 heterocycles. The van der Waals surface area contributed by atoms with E-state index in [4.69, 9.17) is 9.72 Å². The summed E-state index contributed by atoms with van der Waals surface area (Å²) in [6, 6.07) is 7.63. The number of aliphatic hydroxyl groups is 1. The van der Waals surface area contributed by atoms with E-state index in [0.717, 1.165) is 29.9 Å². The van der Waals surface area contributed by atoms with E-state index in [9.17, 15) is 9.90 Å². The van der Waals surface area contributed by atoms with Crippen LogP contribution in [0.15, 0.2) is 24.3 Å². The van der Waals surface area contributed by atoms with Crippen LogP contribution in [0.25, 0.3) is 11.0 Å². The van der Waals surface area contributed by atoms with E-state index >= 15 is 0 Å². The lowest BCUT2D eigenvalue weighted by molar-refractivity contribution is -0.119. The average Bonchev–Trinajstić information content (AvgIpc) is 2.92. The summed E-state index contributed by atoms with van der Waals surface area (Å²) in [4.78, 5) is 18.4. The van der Waals surface area contributed by atoms with E-state index in [-0.39, 0.29) is 24.2 Å². The van der Waals surface area contributed by atoms with E-state index in [1.54, 1.807) is 0 Å². The number of hydrogen-bond donors (Lipinski definition) is 2. The molecule has 2 aromatic rings. The molecule has 27 heavy (non-hydrogen) atoms. The number of carbonyl (C=O) groups excluding carboxylic acids is 1. The fourth-order valence-corrected chi connectivity index (χ4v) is 3.99. The molecule has 7 heteroatoms. The number of aliphatic hydroxyl groups excluding tert-OH is 1. The number of benzene rings is 1. The minimum absolute atomic E-state index is 0.0991.